The van der Waals surface area contributed by atoms with Crippen LogP contribution in [0.25, 0.3) is 0 Å². The zero-order valence-electron chi connectivity index (χ0n) is 14.1. The molecule has 1 saturated carbocycles. The van der Waals surface area contributed by atoms with E-state index < -0.39 is 5.41 Å². The van der Waals surface area contributed by atoms with Crippen molar-refractivity contribution in [1.29, 1.82) is 0 Å². The molecule has 25 heavy (non-hydrogen) atoms. The van der Waals surface area contributed by atoms with Crippen molar-refractivity contribution < 1.29 is 23.5 Å². The first-order valence-electron chi connectivity index (χ1n) is 8.54. The van der Waals surface area contributed by atoms with Crippen molar-refractivity contribution in [2.75, 3.05) is 13.2 Å². The fourth-order valence-corrected chi connectivity index (χ4v) is 3.59. The summed E-state index contributed by atoms with van der Waals surface area (Å²) in [5, 5.41) is 3.71. The average molecular weight is 344 g/mol. The lowest BCUT2D eigenvalue weighted by atomic mass is 9.78. The molecule has 0 saturated heterocycles. The van der Waals surface area contributed by atoms with Crippen LogP contribution in [0.5, 0.6) is 11.5 Å². The second-order valence-corrected chi connectivity index (χ2v) is 6.46. The van der Waals surface area contributed by atoms with Gasteiger partial charge in [0.05, 0.1) is 5.41 Å². The number of fused-ring (bicyclic) bond motifs is 1. The molecule has 1 aromatic heterocycles. The minimum atomic E-state index is -0.648. The zero-order chi connectivity index (χ0) is 17.3. The predicted octanol–water partition coefficient (Wildman–Crippen LogP) is 2.70. The Morgan fingerprint density at radius 1 is 1.20 bits per heavy atom. The van der Waals surface area contributed by atoms with Gasteiger partial charge in [0.2, 0.25) is 0 Å². The number of carbonyl (C=O) groups is 1. The van der Waals surface area contributed by atoms with Gasteiger partial charge in [-0.2, -0.15) is 4.98 Å². The number of aromatic nitrogens is 2. The first kappa shape index (κ1) is 15.9. The molecule has 7 nitrogen and oxygen atoms in total. The number of hydrogen-bond acceptors (Lipinski definition) is 7. The molecule has 7 heteroatoms. The number of carbonyl (C=O) groups excluding carboxylic acids is 1. The maximum Gasteiger partial charge on any atom is 0.317 e. The number of nitrogens with zero attached hydrogens (tertiary/aromatic N) is 2. The Morgan fingerprint density at radius 2 is 1.96 bits per heavy atom. The lowest BCUT2D eigenvalue weighted by Gasteiger charge is -2.28. The van der Waals surface area contributed by atoms with E-state index in [9.17, 15) is 4.79 Å². The third-order valence-corrected chi connectivity index (χ3v) is 4.84. The minimum absolute atomic E-state index is 0.00796. The fourth-order valence-electron chi connectivity index (χ4n) is 3.59. The van der Waals surface area contributed by atoms with E-state index in [1.165, 1.54) is 0 Å². The summed E-state index contributed by atoms with van der Waals surface area (Å²) in [5.74, 6) is 1.99. The van der Waals surface area contributed by atoms with Crippen LogP contribution in [0.1, 0.15) is 43.0 Å². The highest BCUT2D eigenvalue weighted by atomic mass is 16.6. The van der Waals surface area contributed by atoms with Gasteiger partial charge in [0.25, 0.3) is 5.89 Å². The molecule has 2 heterocycles. The summed E-state index contributed by atoms with van der Waals surface area (Å²) in [6, 6.07) is 5.73. The largest absolute Gasteiger partial charge is 0.486 e. The number of ether oxygens (including phenoxy) is 3. The Hall–Kier alpha value is -2.57. The Labute approximate surface area is 145 Å². The first-order chi connectivity index (χ1) is 12.2. The van der Waals surface area contributed by atoms with Crippen molar-refractivity contribution in [2.24, 2.45) is 0 Å². The Kier molecular flexibility index (Phi) is 4.07. The molecule has 0 N–H and O–H groups in total. The second-order valence-electron chi connectivity index (χ2n) is 6.46. The van der Waals surface area contributed by atoms with E-state index >= 15 is 0 Å². The van der Waals surface area contributed by atoms with E-state index in [-0.39, 0.29) is 12.6 Å². The number of aryl methyl sites for hydroxylation is 1. The smallest absolute Gasteiger partial charge is 0.317 e. The zero-order valence-corrected chi connectivity index (χ0v) is 14.1. The molecule has 4 rings (SSSR count). The molecule has 1 aliphatic heterocycles. The molecule has 0 amide bonds. The molecule has 0 bridgehead atoms. The molecule has 0 radical (unpaired) electrons. The van der Waals surface area contributed by atoms with Crippen molar-refractivity contribution in [1.82, 2.24) is 10.1 Å². The van der Waals surface area contributed by atoms with E-state index in [2.05, 4.69) is 10.1 Å². The lowest BCUT2D eigenvalue weighted by Crippen LogP contribution is -2.35. The van der Waals surface area contributed by atoms with E-state index in [0.717, 1.165) is 37.0 Å². The maximum atomic E-state index is 12.9. The standard InChI is InChI=1S/C18H20N2O5/c1-12-19-16(25-20-12)11-24-17(21)18(6-2-3-7-18)13-4-5-14-15(10-13)23-9-8-22-14/h4-5,10H,2-3,6-9,11H2,1H3. The summed E-state index contributed by atoms with van der Waals surface area (Å²) in [7, 11) is 0. The Bertz CT molecular complexity index is 780. The van der Waals surface area contributed by atoms with Crippen LogP contribution in [-0.4, -0.2) is 29.3 Å². The average Bonchev–Trinajstić information content (AvgIpc) is 3.29. The molecule has 1 aliphatic carbocycles. The quantitative estimate of drug-likeness (QED) is 0.788. The summed E-state index contributed by atoms with van der Waals surface area (Å²) >= 11 is 0. The normalized spacial score (nSPS) is 18.1. The highest BCUT2D eigenvalue weighted by Crippen LogP contribution is 2.45. The molecule has 0 spiro atoms. The highest BCUT2D eigenvalue weighted by molar-refractivity contribution is 5.84. The lowest BCUT2D eigenvalue weighted by molar-refractivity contribution is -0.152. The number of rotatable bonds is 4. The summed E-state index contributed by atoms with van der Waals surface area (Å²) in [6.07, 6.45) is 3.50. The summed E-state index contributed by atoms with van der Waals surface area (Å²) in [6.45, 7) is 2.78. The van der Waals surface area contributed by atoms with Gasteiger partial charge in [0.15, 0.2) is 23.9 Å². The Balaban J connectivity index is 1.57. The molecular formula is C18H20N2O5. The second kappa shape index (κ2) is 6.38. The van der Waals surface area contributed by atoms with Gasteiger partial charge >= 0.3 is 5.97 Å². The fraction of sp³-hybridized carbons (Fsp3) is 0.500. The van der Waals surface area contributed by atoms with Crippen LogP contribution in [0.15, 0.2) is 22.7 Å². The third kappa shape index (κ3) is 2.94. The Morgan fingerprint density at radius 3 is 2.68 bits per heavy atom. The monoisotopic (exact) mass is 344 g/mol. The van der Waals surface area contributed by atoms with Crippen LogP contribution in [0.3, 0.4) is 0 Å². The molecule has 0 unspecified atom stereocenters. The van der Waals surface area contributed by atoms with Crippen LogP contribution in [0, 0.1) is 6.92 Å². The number of esters is 1. The summed E-state index contributed by atoms with van der Waals surface area (Å²) in [4.78, 5) is 17.0. The van der Waals surface area contributed by atoms with E-state index in [1.807, 2.05) is 18.2 Å². The van der Waals surface area contributed by atoms with Gasteiger partial charge in [0.1, 0.15) is 13.2 Å². The van der Waals surface area contributed by atoms with Crippen LogP contribution >= 0.6 is 0 Å². The van der Waals surface area contributed by atoms with Gasteiger partial charge in [0, 0.05) is 0 Å². The van der Waals surface area contributed by atoms with Gasteiger partial charge in [-0.1, -0.05) is 24.1 Å². The van der Waals surface area contributed by atoms with Gasteiger partial charge in [-0.3, -0.25) is 4.79 Å². The maximum absolute atomic E-state index is 12.9. The van der Waals surface area contributed by atoms with Crippen molar-refractivity contribution in [2.45, 2.75) is 44.6 Å². The molecule has 1 fully saturated rings. The van der Waals surface area contributed by atoms with Crippen LogP contribution in [0.4, 0.5) is 0 Å². The topological polar surface area (TPSA) is 83.7 Å². The van der Waals surface area contributed by atoms with Crippen LogP contribution in [-0.2, 0) is 21.6 Å². The predicted molar refractivity (Wildman–Crippen MR) is 86.4 cm³/mol. The molecule has 1 aromatic carbocycles. The van der Waals surface area contributed by atoms with Crippen molar-refractivity contribution in [3.63, 3.8) is 0 Å². The number of benzene rings is 1. The molecule has 2 aliphatic rings. The first-order valence-corrected chi connectivity index (χ1v) is 8.54. The van der Waals surface area contributed by atoms with Crippen molar-refractivity contribution in [3.8, 4) is 11.5 Å². The van der Waals surface area contributed by atoms with Crippen molar-refractivity contribution in [3.05, 3.63) is 35.5 Å². The van der Waals surface area contributed by atoms with Crippen LogP contribution in [0.2, 0.25) is 0 Å². The van der Waals surface area contributed by atoms with Crippen LogP contribution < -0.4 is 9.47 Å². The van der Waals surface area contributed by atoms with Gasteiger partial charge in [-0.05, 0) is 37.5 Å². The van der Waals surface area contributed by atoms with Crippen molar-refractivity contribution >= 4 is 5.97 Å². The molecule has 0 atom stereocenters. The minimum Gasteiger partial charge on any atom is -0.486 e. The van der Waals surface area contributed by atoms with E-state index in [0.29, 0.717) is 30.7 Å². The van der Waals surface area contributed by atoms with Gasteiger partial charge in [-0.15, -0.1) is 0 Å². The SMILES string of the molecule is Cc1noc(COC(=O)C2(c3ccc4c(c3)OCCO4)CCCC2)n1. The molecular weight excluding hydrogens is 324 g/mol. The van der Waals surface area contributed by atoms with E-state index in [4.69, 9.17) is 18.7 Å². The van der Waals surface area contributed by atoms with Gasteiger partial charge < -0.3 is 18.7 Å². The molecule has 2 aromatic rings. The number of hydrogen-bond donors (Lipinski definition) is 0. The molecule has 132 valence electrons. The summed E-state index contributed by atoms with van der Waals surface area (Å²) < 4.78 is 21.8. The van der Waals surface area contributed by atoms with E-state index in [1.54, 1.807) is 6.92 Å². The highest BCUT2D eigenvalue weighted by Gasteiger charge is 2.45. The third-order valence-electron chi connectivity index (χ3n) is 4.84. The summed E-state index contributed by atoms with van der Waals surface area (Å²) in [5.41, 5.74) is 0.270. The van der Waals surface area contributed by atoms with Gasteiger partial charge in [-0.25, -0.2) is 0 Å².